The summed E-state index contributed by atoms with van der Waals surface area (Å²) >= 11 is 0. The quantitative estimate of drug-likeness (QED) is 0.821. The summed E-state index contributed by atoms with van der Waals surface area (Å²) in [5.74, 6) is -0.449. The highest BCUT2D eigenvalue weighted by molar-refractivity contribution is 7.89. The van der Waals surface area contributed by atoms with Crippen LogP contribution >= 0.6 is 0 Å². The third kappa shape index (κ3) is 2.67. The molecule has 2 saturated heterocycles. The van der Waals surface area contributed by atoms with Crippen LogP contribution in [0.25, 0.3) is 11.1 Å². The van der Waals surface area contributed by atoms with Crippen LogP contribution in [-0.4, -0.2) is 68.5 Å². The molecule has 0 aliphatic carbocycles. The molecule has 1 aromatic carbocycles. The van der Waals surface area contributed by atoms with Crippen molar-refractivity contribution in [3.63, 3.8) is 0 Å². The number of hydrogen-bond acceptors (Lipinski definition) is 6. The van der Waals surface area contributed by atoms with E-state index < -0.39 is 15.8 Å². The van der Waals surface area contributed by atoms with Crippen molar-refractivity contribution < 1.29 is 17.6 Å². The minimum Gasteiger partial charge on any atom is -0.408 e. The van der Waals surface area contributed by atoms with Crippen molar-refractivity contribution in [1.29, 1.82) is 0 Å². The minimum atomic E-state index is -3.68. The molecule has 1 aromatic heterocycles. The molecule has 2 aliphatic rings. The Hall–Kier alpha value is -1.68. The summed E-state index contributed by atoms with van der Waals surface area (Å²) in [4.78, 5) is 16.1. The van der Waals surface area contributed by atoms with E-state index in [9.17, 15) is 13.2 Å². The van der Waals surface area contributed by atoms with Crippen LogP contribution in [0.5, 0.6) is 0 Å². The second-order valence-electron chi connectivity index (χ2n) is 6.53. The molecule has 0 radical (unpaired) electrons. The third-order valence-electron chi connectivity index (χ3n) is 4.60. The summed E-state index contributed by atoms with van der Waals surface area (Å²) in [7, 11) is -1.68. The van der Waals surface area contributed by atoms with Crippen LogP contribution in [0.3, 0.4) is 0 Å². The number of oxazole rings is 1. The van der Waals surface area contributed by atoms with Crippen LogP contribution in [-0.2, 0) is 14.8 Å². The molecule has 3 heterocycles. The Morgan fingerprint density at radius 1 is 1.21 bits per heavy atom. The molecule has 24 heavy (non-hydrogen) atoms. The van der Waals surface area contributed by atoms with Crippen LogP contribution in [0.4, 0.5) is 0 Å². The fraction of sp³-hybridized carbons (Fsp3) is 0.533. The molecule has 2 aliphatic heterocycles. The van der Waals surface area contributed by atoms with Crippen molar-refractivity contribution in [2.24, 2.45) is 5.92 Å². The molecule has 2 bridgehead atoms. The highest BCUT2D eigenvalue weighted by atomic mass is 32.2. The van der Waals surface area contributed by atoms with Gasteiger partial charge in [-0.2, -0.15) is 4.31 Å². The zero-order chi connectivity index (χ0) is 16.9. The van der Waals surface area contributed by atoms with Crippen molar-refractivity contribution in [2.45, 2.75) is 10.9 Å². The van der Waals surface area contributed by atoms with Gasteiger partial charge < -0.3 is 14.1 Å². The smallest absolute Gasteiger partial charge is 0.408 e. The number of sulfonamides is 1. The topological polar surface area (TPSA) is 95.8 Å². The van der Waals surface area contributed by atoms with Gasteiger partial charge in [-0.05, 0) is 25.2 Å². The van der Waals surface area contributed by atoms with Gasteiger partial charge in [-0.25, -0.2) is 13.2 Å². The number of nitrogens with zero attached hydrogens (tertiary/aromatic N) is 2. The Balaban J connectivity index is 1.76. The van der Waals surface area contributed by atoms with Gasteiger partial charge in [0.1, 0.15) is 0 Å². The maximum absolute atomic E-state index is 13.2. The molecule has 4 rings (SSSR count). The molecule has 2 fully saturated rings. The molecule has 9 heteroatoms. The Morgan fingerprint density at radius 3 is 2.88 bits per heavy atom. The number of H-pyrrole nitrogens is 1. The van der Waals surface area contributed by atoms with E-state index in [0.717, 1.165) is 6.54 Å². The summed E-state index contributed by atoms with van der Waals surface area (Å²) in [5, 5.41) is 0. The van der Waals surface area contributed by atoms with Crippen LogP contribution in [0.1, 0.15) is 0 Å². The number of hydrogen-bond donors (Lipinski definition) is 1. The van der Waals surface area contributed by atoms with Crippen LogP contribution in [0.2, 0.25) is 0 Å². The summed E-state index contributed by atoms with van der Waals surface area (Å²) in [6.07, 6.45) is 0. The fourth-order valence-electron chi connectivity index (χ4n) is 3.56. The average Bonchev–Trinajstić information content (AvgIpc) is 2.65. The SMILES string of the molecule is CN1C[C@@H]2COC[C@H](C1)N(S(=O)(=O)c1ccc3oc(=O)[nH]c3c1)C2. The van der Waals surface area contributed by atoms with Crippen LogP contribution in [0, 0.1) is 5.92 Å². The standard InChI is InChI=1S/C15H19N3O5S/c1-17-5-10-6-18(11(7-17)9-22-8-10)24(20,21)12-2-3-14-13(4-12)16-15(19)23-14/h2-4,10-11H,5-9H2,1H3,(H,16,19)/t10-,11-/m0/s1. The summed E-state index contributed by atoms with van der Waals surface area (Å²) in [6, 6.07) is 4.22. The van der Waals surface area contributed by atoms with E-state index in [1.165, 1.54) is 18.2 Å². The minimum absolute atomic E-state index is 0.148. The highest BCUT2D eigenvalue weighted by Gasteiger charge is 2.39. The lowest BCUT2D eigenvalue weighted by molar-refractivity contribution is 0.0659. The molecular weight excluding hydrogens is 334 g/mol. The molecule has 1 N–H and O–H groups in total. The first-order valence-electron chi connectivity index (χ1n) is 7.84. The zero-order valence-electron chi connectivity index (χ0n) is 13.3. The highest BCUT2D eigenvalue weighted by Crippen LogP contribution is 2.27. The Bertz CT molecular complexity index is 919. The van der Waals surface area contributed by atoms with Crippen molar-refractivity contribution in [3.05, 3.63) is 28.7 Å². The summed E-state index contributed by atoms with van der Waals surface area (Å²) in [5.41, 5.74) is 0.726. The normalized spacial score (nSPS) is 26.5. The van der Waals surface area contributed by atoms with Gasteiger partial charge in [0.15, 0.2) is 5.58 Å². The summed E-state index contributed by atoms with van der Waals surface area (Å²) in [6.45, 7) is 2.86. The number of benzene rings is 1. The predicted molar refractivity (Wildman–Crippen MR) is 86.3 cm³/mol. The van der Waals surface area contributed by atoms with Crippen LogP contribution < -0.4 is 5.76 Å². The van der Waals surface area contributed by atoms with Gasteiger partial charge in [0.05, 0.1) is 29.7 Å². The van der Waals surface area contributed by atoms with E-state index in [4.69, 9.17) is 9.15 Å². The molecule has 0 saturated carbocycles. The fourth-order valence-corrected chi connectivity index (χ4v) is 5.27. The number of ether oxygens (including phenoxy) is 1. The predicted octanol–water partition coefficient (Wildman–Crippen LogP) is 0.0722. The molecule has 2 aromatic rings. The van der Waals surface area contributed by atoms with Gasteiger partial charge >= 0.3 is 5.76 Å². The average molecular weight is 353 g/mol. The molecule has 8 nitrogen and oxygen atoms in total. The molecule has 130 valence electrons. The Morgan fingerprint density at radius 2 is 2.04 bits per heavy atom. The number of aromatic nitrogens is 1. The first kappa shape index (κ1) is 15.8. The lowest BCUT2D eigenvalue weighted by Gasteiger charge is -2.28. The third-order valence-corrected chi connectivity index (χ3v) is 6.51. The van der Waals surface area contributed by atoms with Gasteiger partial charge in [-0.15, -0.1) is 0 Å². The van der Waals surface area contributed by atoms with Gasteiger partial charge in [0, 0.05) is 25.6 Å². The van der Waals surface area contributed by atoms with Gasteiger partial charge in [-0.3, -0.25) is 4.98 Å². The van der Waals surface area contributed by atoms with E-state index in [2.05, 4.69) is 9.88 Å². The van der Waals surface area contributed by atoms with Crippen molar-refractivity contribution >= 4 is 21.1 Å². The number of nitrogens with one attached hydrogen (secondary N) is 1. The van der Waals surface area contributed by atoms with Gasteiger partial charge in [0.25, 0.3) is 0 Å². The number of fused-ring (bicyclic) bond motifs is 4. The van der Waals surface area contributed by atoms with Crippen molar-refractivity contribution in [3.8, 4) is 0 Å². The number of aromatic amines is 1. The van der Waals surface area contributed by atoms with Gasteiger partial charge in [0.2, 0.25) is 10.0 Å². The number of rotatable bonds is 2. The molecule has 0 spiro atoms. The van der Waals surface area contributed by atoms with E-state index >= 15 is 0 Å². The van der Waals surface area contributed by atoms with Gasteiger partial charge in [-0.1, -0.05) is 0 Å². The van der Waals surface area contributed by atoms with E-state index in [1.807, 2.05) is 7.05 Å². The molecule has 2 atom stereocenters. The van der Waals surface area contributed by atoms with E-state index in [0.29, 0.717) is 37.4 Å². The molecule has 0 amide bonds. The Kier molecular flexibility index (Phi) is 3.75. The maximum Gasteiger partial charge on any atom is 0.417 e. The largest absolute Gasteiger partial charge is 0.417 e. The zero-order valence-corrected chi connectivity index (χ0v) is 14.1. The lowest BCUT2D eigenvalue weighted by Crippen LogP contribution is -2.45. The van der Waals surface area contributed by atoms with Crippen molar-refractivity contribution in [1.82, 2.24) is 14.2 Å². The monoisotopic (exact) mass is 353 g/mol. The first-order valence-corrected chi connectivity index (χ1v) is 9.28. The number of likely N-dealkylation sites (N-methyl/N-ethyl adjacent to an activating group) is 1. The molecule has 0 unspecified atom stereocenters. The molecular formula is C15H19N3O5S. The first-order chi connectivity index (χ1) is 11.4. The summed E-state index contributed by atoms with van der Waals surface area (Å²) < 4.78 is 38.5. The van der Waals surface area contributed by atoms with Crippen molar-refractivity contribution in [2.75, 3.05) is 39.9 Å². The maximum atomic E-state index is 13.2. The van der Waals surface area contributed by atoms with E-state index in [-0.39, 0.29) is 16.9 Å². The van der Waals surface area contributed by atoms with E-state index in [1.54, 1.807) is 4.31 Å². The lowest BCUT2D eigenvalue weighted by atomic mass is 10.1. The Labute approximate surface area is 139 Å². The second-order valence-corrected chi connectivity index (χ2v) is 8.42. The van der Waals surface area contributed by atoms with Crippen LogP contribution in [0.15, 0.2) is 32.3 Å². The second kappa shape index (κ2) is 5.69.